The molecule has 5 nitrogen and oxygen atoms in total. The van der Waals surface area contributed by atoms with Gasteiger partial charge in [-0.15, -0.1) is 0 Å². The number of rotatable bonds is 5. The molecule has 0 spiro atoms. The molecule has 1 amide bonds. The first-order chi connectivity index (χ1) is 12.0. The Kier molecular flexibility index (Phi) is 4.79. The van der Waals surface area contributed by atoms with Crippen molar-refractivity contribution in [3.05, 3.63) is 66.1 Å². The summed E-state index contributed by atoms with van der Waals surface area (Å²) < 4.78 is 18.1. The first-order valence-corrected chi connectivity index (χ1v) is 7.84. The average Bonchev–Trinajstić information content (AvgIpc) is 3.00. The molecule has 2 aromatic carbocycles. The number of nitrogens with one attached hydrogen (secondary N) is 2. The zero-order valence-corrected chi connectivity index (χ0v) is 13.6. The summed E-state index contributed by atoms with van der Waals surface area (Å²) in [6, 6.07) is 13.0. The minimum absolute atomic E-state index is 0.0676. The summed E-state index contributed by atoms with van der Waals surface area (Å²) in [5.74, 6) is -1.36. The van der Waals surface area contributed by atoms with Crippen molar-refractivity contribution in [2.24, 2.45) is 0 Å². The van der Waals surface area contributed by atoms with Crippen LogP contribution >= 0.6 is 0 Å². The molecule has 0 unspecified atom stereocenters. The monoisotopic (exact) mass is 340 g/mol. The molecular weight excluding hydrogens is 323 g/mol. The summed E-state index contributed by atoms with van der Waals surface area (Å²) in [5, 5.41) is 3.52. The number of halogens is 1. The minimum Gasteiger partial charge on any atom is -0.452 e. The number of esters is 1. The fraction of sp³-hybridized carbons (Fsp3) is 0.158. The number of carbonyl (C=O) groups is 2. The predicted octanol–water partition coefficient (Wildman–Crippen LogP) is 3.42. The van der Waals surface area contributed by atoms with Gasteiger partial charge >= 0.3 is 5.97 Å². The summed E-state index contributed by atoms with van der Waals surface area (Å²) in [6.45, 7) is 1.49. The highest BCUT2D eigenvalue weighted by molar-refractivity contribution is 5.95. The lowest BCUT2D eigenvalue weighted by Crippen LogP contribution is -2.30. The molecular formula is C19H17FN2O3. The van der Waals surface area contributed by atoms with E-state index in [2.05, 4.69) is 10.3 Å². The first-order valence-electron chi connectivity index (χ1n) is 7.84. The third-order valence-corrected chi connectivity index (χ3v) is 3.80. The number of hydrogen-bond acceptors (Lipinski definition) is 3. The number of aromatic nitrogens is 1. The van der Waals surface area contributed by atoms with Gasteiger partial charge in [0.15, 0.2) is 6.10 Å². The summed E-state index contributed by atoms with van der Waals surface area (Å²) in [6.07, 6.45) is 0.871. The molecule has 3 aromatic rings. The standard InChI is InChI=1S/C19H17FN2O3/c1-12(19(24)22-15-8-6-14(20)7-9-15)25-18(23)10-13-11-21-17-5-3-2-4-16(13)17/h2-9,11-12,21H,10H2,1H3,(H,22,24)/t12-/m1/s1. The third kappa shape index (κ3) is 4.03. The van der Waals surface area contributed by atoms with Crippen LogP contribution in [0.1, 0.15) is 12.5 Å². The van der Waals surface area contributed by atoms with Crippen molar-refractivity contribution in [2.75, 3.05) is 5.32 Å². The molecule has 1 atom stereocenters. The second-order valence-corrected chi connectivity index (χ2v) is 5.66. The van der Waals surface area contributed by atoms with E-state index in [1.54, 1.807) is 6.20 Å². The van der Waals surface area contributed by atoms with Gasteiger partial charge in [-0.25, -0.2) is 4.39 Å². The molecule has 128 valence electrons. The molecule has 6 heteroatoms. The van der Waals surface area contributed by atoms with Crippen LogP contribution in [-0.2, 0) is 20.7 Å². The van der Waals surface area contributed by atoms with Crippen LogP contribution in [0.25, 0.3) is 10.9 Å². The van der Waals surface area contributed by atoms with Gasteiger partial charge in [-0.2, -0.15) is 0 Å². The van der Waals surface area contributed by atoms with Gasteiger partial charge in [-0.1, -0.05) is 18.2 Å². The lowest BCUT2D eigenvalue weighted by atomic mass is 10.1. The Bertz CT molecular complexity index is 902. The quantitative estimate of drug-likeness (QED) is 0.699. The molecule has 0 fully saturated rings. The van der Waals surface area contributed by atoms with Gasteiger partial charge in [0.05, 0.1) is 6.42 Å². The first kappa shape index (κ1) is 16.7. The molecule has 0 saturated heterocycles. The van der Waals surface area contributed by atoms with E-state index < -0.39 is 23.8 Å². The number of hydrogen-bond donors (Lipinski definition) is 2. The molecule has 0 radical (unpaired) electrons. The van der Waals surface area contributed by atoms with E-state index in [4.69, 9.17) is 4.74 Å². The zero-order valence-electron chi connectivity index (χ0n) is 13.6. The Morgan fingerprint density at radius 2 is 1.88 bits per heavy atom. The number of para-hydroxylation sites is 1. The third-order valence-electron chi connectivity index (χ3n) is 3.80. The summed E-state index contributed by atoms with van der Waals surface area (Å²) >= 11 is 0. The molecule has 0 saturated carbocycles. The van der Waals surface area contributed by atoms with Crippen LogP contribution in [0.4, 0.5) is 10.1 Å². The largest absolute Gasteiger partial charge is 0.452 e. The number of H-pyrrole nitrogens is 1. The SMILES string of the molecule is C[C@@H](OC(=O)Cc1c[nH]c2ccccc12)C(=O)Nc1ccc(F)cc1. The molecule has 0 aliphatic rings. The Morgan fingerprint density at radius 3 is 2.64 bits per heavy atom. The van der Waals surface area contributed by atoms with Gasteiger partial charge in [0, 0.05) is 22.8 Å². The number of amides is 1. The number of carbonyl (C=O) groups excluding carboxylic acids is 2. The van der Waals surface area contributed by atoms with Crippen LogP contribution in [0.5, 0.6) is 0 Å². The molecule has 0 aliphatic carbocycles. The van der Waals surface area contributed by atoms with Crippen molar-refractivity contribution in [3.63, 3.8) is 0 Å². The number of aromatic amines is 1. The Labute approximate surface area is 143 Å². The van der Waals surface area contributed by atoms with Gasteiger partial charge < -0.3 is 15.0 Å². The number of fused-ring (bicyclic) bond motifs is 1. The van der Waals surface area contributed by atoms with Crippen LogP contribution in [0, 0.1) is 5.82 Å². The van der Waals surface area contributed by atoms with E-state index in [-0.39, 0.29) is 6.42 Å². The normalized spacial score (nSPS) is 11.9. The molecule has 2 N–H and O–H groups in total. The lowest BCUT2D eigenvalue weighted by Gasteiger charge is -2.13. The summed E-state index contributed by atoms with van der Waals surface area (Å²) in [4.78, 5) is 27.2. The smallest absolute Gasteiger partial charge is 0.311 e. The van der Waals surface area contributed by atoms with Crippen molar-refractivity contribution >= 4 is 28.5 Å². The zero-order chi connectivity index (χ0) is 17.8. The average molecular weight is 340 g/mol. The van der Waals surface area contributed by atoms with E-state index in [0.29, 0.717) is 5.69 Å². The summed E-state index contributed by atoms with van der Waals surface area (Å²) in [5.41, 5.74) is 2.19. The van der Waals surface area contributed by atoms with Gasteiger partial charge in [-0.05, 0) is 42.8 Å². The number of anilines is 1. The Morgan fingerprint density at radius 1 is 1.16 bits per heavy atom. The van der Waals surface area contributed by atoms with E-state index in [0.717, 1.165) is 16.5 Å². The maximum absolute atomic E-state index is 12.9. The molecule has 0 bridgehead atoms. The maximum Gasteiger partial charge on any atom is 0.311 e. The van der Waals surface area contributed by atoms with Crippen molar-refractivity contribution in [2.45, 2.75) is 19.4 Å². The van der Waals surface area contributed by atoms with Gasteiger partial charge in [0.2, 0.25) is 0 Å². The van der Waals surface area contributed by atoms with Crippen molar-refractivity contribution < 1.29 is 18.7 Å². The maximum atomic E-state index is 12.9. The van der Waals surface area contributed by atoms with Crippen LogP contribution in [0.15, 0.2) is 54.7 Å². The van der Waals surface area contributed by atoms with E-state index in [1.807, 2.05) is 24.3 Å². The van der Waals surface area contributed by atoms with E-state index in [1.165, 1.54) is 31.2 Å². The van der Waals surface area contributed by atoms with Crippen LogP contribution in [-0.4, -0.2) is 23.0 Å². The second-order valence-electron chi connectivity index (χ2n) is 5.66. The highest BCUT2D eigenvalue weighted by atomic mass is 19.1. The molecule has 1 aromatic heterocycles. The minimum atomic E-state index is -0.956. The molecule has 3 rings (SSSR count). The Hall–Kier alpha value is -3.15. The fourth-order valence-electron chi connectivity index (χ4n) is 2.50. The van der Waals surface area contributed by atoms with E-state index >= 15 is 0 Å². The topological polar surface area (TPSA) is 71.2 Å². The summed E-state index contributed by atoms with van der Waals surface area (Å²) in [7, 11) is 0. The number of ether oxygens (including phenoxy) is 1. The highest BCUT2D eigenvalue weighted by Crippen LogP contribution is 2.18. The van der Waals surface area contributed by atoms with Crippen molar-refractivity contribution in [1.82, 2.24) is 4.98 Å². The van der Waals surface area contributed by atoms with Crippen molar-refractivity contribution in [3.8, 4) is 0 Å². The van der Waals surface area contributed by atoms with Crippen LogP contribution in [0.2, 0.25) is 0 Å². The predicted molar refractivity (Wildman–Crippen MR) is 92.6 cm³/mol. The molecule has 1 heterocycles. The molecule has 25 heavy (non-hydrogen) atoms. The molecule has 0 aliphatic heterocycles. The van der Waals surface area contributed by atoms with Crippen molar-refractivity contribution in [1.29, 1.82) is 0 Å². The second kappa shape index (κ2) is 7.17. The van der Waals surface area contributed by atoms with Crippen LogP contribution in [0.3, 0.4) is 0 Å². The highest BCUT2D eigenvalue weighted by Gasteiger charge is 2.19. The number of benzene rings is 2. The van der Waals surface area contributed by atoms with Crippen LogP contribution < -0.4 is 5.32 Å². The van der Waals surface area contributed by atoms with Gasteiger partial charge in [-0.3, -0.25) is 9.59 Å². The Balaban J connectivity index is 1.58. The lowest BCUT2D eigenvalue weighted by molar-refractivity contribution is -0.152. The fourth-order valence-corrected chi connectivity index (χ4v) is 2.50. The van der Waals surface area contributed by atoms with Gasteiger partial charge in [0.25, 0.3) is 5.91 Å². The van der Waals surface area contributed by atoms with E-state index in [9.17, 15) is 14.0 Å². The van der Waals surface area contributed by atoms with Gasteiger partial charge in [0.1, 0.15) is 5.82 Å².